The van der Waals surface area contributed by atoms with Gasteiger partial charge in [0.25, 0.3) is 0 Å². The Hall–Kier alpha value is -2.15. The highest BCUT2D eigenvalue weighted by Gasteiger charge is 2.43. The second kappa shape index (κ2) is 7.61. The number of amides is 1. The van der Waals surface area contributed by atoms with Gasteiger partial charge in [0, 0.05) is 25.7 Å². The molecule has 1 aliphatic rings. The van der Waals surface area contributed by atoms with Gasteiger partial charge in [-0.15, -0.1) is 0 Å². The Morgan fingerprint density at radius 3 is 2.71 bits per heavy atom. The molecule has 1 aromatic rings. The fourth-order valence-corrected chi connectivity index (χ4v) is 3.21. The Kier molecular flexibility index (Phi) is 5.77. The average molecular weight is 334 g/mol. The molecular weight excluding hydrogens is 308 g/mol. The highest BCUT2D eigenvalue weighted by molar-refractivity contribution is 5.68. The molecule has 0 radical (unpaired) electrons. The van der Waals surface area contributed by atoms with Crippen LogP contribution in [0, 0.1) is 5.92 Å². The molecule has 1 unspecified atom stereocenters. The van der Waals surface area contributed by atoms with Gasteiger partial charge in [-0.1, -0.05) is 19.9 Å². The number of piperazine rings is 1. The summed E-state index contributed by atoms with van der Waals surface area (Å²) in [6.07, 6.45) is 2.68. The Bertz CT molecular complexity index is 576. The maximum Gasteiger partial charge on any atom is 0.408 e. The molecule has 1 aliphatic heterocycles. The van der Waals surface area contributed by atoms with Crippen molar-refractivity contribution >= 4 is 18.2 Å². The molecule has 1 fully saturated rings. The number of carbonyl (C=O) groups excluding carboxylic acids is 1. The maximum atomic E-state index is 11.5. The van der Waals surface area contributed by atoms with Crippen molar-refractivity contribution in [1.29, 1.82) is 0 Å². The summed E-state index contributed by atoms with van der Waals surface area (Å²) in [5.74, 6) is 1.37. The van der Waals surface area contributed by atoms with Gasteiger partial charge in [-0.2, -0.15) is 0 Å². The molecule has 1 aromatic heterocycles. The summed E-state index contributed by atoms with van der Waals surface area (Å²) < 4.78 is 0. The van der Waals surface area contributed by atoms with E-state index in [0.717, 1.165) is 18.5 Å². The van der Waals surface area contributed by atoms with E-state index >= 15 is 0 Å². The number of carboxylic acid groups (broad SMARTS) is 1. The summed E-state index contributed by atoms with van der Waals surface area (Å²) in [5.41, 5.74) is 0.259. The number of carbonyl (C=O) groups is 2. The van der Waals surface area contributed by atoms with Crippen molar-refractivity contribution in [3.8, 4) is 0 Å². The summed E-state index contributed by atoms with van der Waals surface area (Å²) >= 11 is 0. The van der Waals surface area contributed by atoms with Crippen LogP contribution in [0.15, 0.2) is 18.3 Å². The molecule has 132 valence electrons. The quantitative estimate of drug-likeness (QED) is 0.768. The molecule has 1 saturated heterocycles. The number of hydrogen-bond acceptors (Lipinski definition) is 5. The minimum Gasteiger partial charge on any atom is -0.465 e. The van der Waals surface area contributed by atoms with E-state index in [9.17, 15) is 14.7 Å². The summed E-state index contributed by atoms with van der Waals surface area (Å²) in [4.78, 5) is 30.5. The third-order valence-corrected chi connectivity index (χ3v) is 4.46. The third-order valence-electron chi connectivity index (χ3n) is 4.46. The number of nitrogens with one attached hydrogen (secondary N) is 1. The van der Waals surface area contributed by atoms with Crippen LogP contribution < -0.4 is 10.2 Å². The second-order valence-electron chi connectivity index (χ2n) is 6.63. The van der Waals surface area contributed by atoms with Gasteiger partial charge in [0.05, 0.1) is 6.54 Å². The van der Waals surface area contributed by atoms with E-state index in [2.05, 4.69) is 30.2 Å². The number of likely N-dealkylation sites (N-methyl/N-ethyl adjacent to an activating group) is 1. The molecule has 0 aliphatic carbocycles. The number of rotatable bonds is 6. The molecule has 1 atom stereocenters. The van der Waals surface area contributed by atoms with Crippen molar-refractivity contribution in [2.75, 3.05) is 31.6 Å². The first kappa shape index (κ1) is 18.2. The lowest BCUT2D eigenvalue weighted by Gasteiger charge is -2.49. The predicted octanol–water partition coefficient (Wildman–Crippen LogP) is 1.58. The van der Waals surface area contributed by atoms with E-state index in [-0.39, 0.29) is 6.42 Å². The number of hydrogen-bond donors (Lipinski definition) is 2. The van der Waals surface area contributed by atoms with Gasteiger partial charge in [0.2, 0.25) is 0 Å². The molecule has 7 heteroatoms. The first-order valence-electron chi connectivity index (χ1n) is 8.25. The monoisotopic (exact) mass is 334 g/mol. The van der Waals surface area contributed by atoms with E-state index < -0.39 is 11.8 Å². The van der Waals surface area contributed by atoms with Crippen molar-refractivity contribution in [3.63, 3.8) is 0 Å². The minimum absolute atomic E-state index is 0.0950. The van der Waals surface area contributed by atoms with Crippen molar-refractivity contribution in [2.45, 2.75) is 32.4 Å². The molecule has 2 N–H and O–H groups in total. The zero-order valence-electron chi connectivity index (χ0n) is 14.5. The number of aromatic nitrogens is 1. The Morgan fingerprint density at radius 1 is 1.46 bits per heavy atom. The topological polar surface area (TPSA) is 85.8 Å². The summed E-state index contributed by atoms with van der Waals surface area (Å²) in [6.45, 7) is 5.58. The third kappa shape index (κ3) is 3.84. The summed E-state index contributed by atoms with van der Waals surface area (Å²) in [6, 6.07) is 4.03. The van der Waals surface area contributed by atoms with Gasteiger partial charge < -0.3 is 14.8 Å². The van der Waals surface area contributed by atoms with E-state index in [0.29, 0.717) is 25.6 Å². The number of pyridine rings is 1. The number of nitrogens with zero attached hydrogens (tertiary/aromatic N) is 3. The van der Waals surface area contributed by atoms with E-state index in [1.165, 1.54) is 10.5 Å². The van der Waals surface area contributed by atoms with Gasteiger partial charge in [-0.3, -0.25) is 10.2 Å². The molecule has 0 saturated carbocycles. The first-order chi connectivity index (χ1) is 11.4. The molecule has 0 bridgehead atoms. The standard InChI is InChI=1S/C17H26N4O3/c1-13(2)10-14-4-5-15(19-11-14)20-7-8-21(16(23)24)17(12-20,18-3)6-9-22/h4-5,9,11,13,18H,6-8,10,12H2,1-3H3,(H,23,24). The fraction of sp³-hybridized carbons (Fsp3) is 0.588. The van der Waals surface area contributed by atoms with Crippen molar-refractivity contribution in [1.82, 2.24) is 15.2 Å². The number of anilines is 1. The zero-order valence-corrected chi connectivity index (χ0v) is 14.5. The normalized spacial score (nSPS) is 21.2. The molecular formula is C17H26N4O3. The Morgan fingerprint density at radius 2 is 2.21 bits per heavy atom. The van der Waals surface area contributed by atoms with Crippen molar-refractivity contribution in [3.05, 3.63) is 23.9 Å². The van der Waals surface area contributed by atoms with Gasteiger partial charge in [-0.25, -0.2) is 9.78 Å². The van der Waals surface area contributed by atoms with Crippen molar-refractivity contribution < 1.29 is 14.7 Å². The van der Waals surface area contributed by atoms with Crippen LogP contribution in [0.1, 0.15) is 25.8 Å². The molecule has 1 amide bonds. The first-order valence-corrected chi connectivity index (χ1v) is 8.25. The van der Waals surface area contributed by atoms with Crippen LogP contribution >= 0.6 is 0 Å². The van der Waals surface area contributed by atoms with Crippen LogP contribution in [0.2, 0.25) is 0 Å². The van der Waals surface area contributed by atoms with Gasteiger partial charge >= 0.3 is 6.09 Å². The second-order valence-corrected chi connectivity index (χ2v) is 6.63. The van der Waals surface area contributed by atoms with Gasteiger partial charge in [-0.05, 0) is 31.0 Å². The Balaban J connectivity index is 2.20. The lowest BCUT2D eigenvalue weighted by Crippen LogP contribution is -2.70. The highest BCUT2D eigenvalue weighted by atomic mass is 16.4. The predicted molar refractivity (Wildman–Crippen MR) is 92.2 cm³/mol. The lowest BCUT2D eigenvalue weighted by molar-refractivity contribution is -0.110. The maximum absolute atomic E-state index is 11.5. The van der Waals surface area contributed by atoms with Crippen LogP contribution in [-0.4, -0.2) is 59.7 Å². The van der Waals surface area contributed by atoms with Gasteiger partial charge in [0.1, 0.15) is 17.8 Å². The zero-order chi connectivity index (χ0) is 17.7. The SMILES string of the molecule is CNC1(CC=O)CN(c2ccc(CC(C)C)cn2)CCN1C(=O)O. The molecule has 7 nitrogen and oxygen atoms in total. The minimum atomic E-state index is -1.02. The Labute approximate surface area is 142 Å². The highest BCUT2D eigenvalue weighted by Crippen LogP contribution is 2.25. The van der Waals surface area contributed by atoms with Crippen LogP contribution in [0.4, 0.5) is 10.6 Å². The molecule has 2 heterocycles. The largest absolute Gasteiger partial charge is 0.465 e. The fourth-order valence-electron chi connectivity index (χ4n) is 3.21. The van der Waals surface area contributed by atoms with E-state index in [1.54, 1.807) is 7.05 Å². The summed E-state index contributed by atoms with van der Waals surface area (Å²) in [5, 5.41) is 12.5. The molecule has 0 aromatic carbocycles. The van der Waals surface area contributed by atoms with Crippen LogP contribution in [-0.2, 0) is 11.2 Å². The van der Waals surface area contributed by atoms with E-state index in [1.807, 2.05) is 17.2 Å². The summed E-state index contributed by atoms with van der Waals surface area (Å²) in [7, 11) is 1.68. The lowest BCUT2D eigenvalue weighted by atomic mass is 10.0. The smallest absolute Gasteiger partial charge is 0.408 e. The number of aldehydes is 1. The molecule has 24 heavy (non-hydrogen) atoms. The van der Waals surface area contributed by atoms with E-state index in [4.69, 9.17) is 0 Å². The van der Waals surface area contributed by atoms with Crippen LogP contribution in [0.25, 0.3) is 0 Å². The van der Waals surface area contributed by atoms with Gasteiger partial charge in [0.15, 0.2) is 0 Å². The molecule has 2 rings (SSSR count). The van der Waals surface area contributed by atoms with Crippen LogP contribution in [0.5, 0.6) is 0 Å². The molecule has 0 spiro atoms. The van der Waals surface area contributed by atoms with Crippen LogP contribution in [0.3, 0.4) is 0 Å². The van der Waals surface area contributed by atoms with Crippen molar-refractivity contribution in [2.24, 2.45) is 5.92 Å². The average Bonchev–Trinajstić information content (AvgIpc) is 2.55.